The molecule has 0 aliphatic rings. The first-order valence-electron chi connectivity index (χ1n) is 4.10. The summed E-state index contributed by atoms with van der Waals surface area (Å²) in [7, 11) is -3.44. The molecule has 1 N–H and O–H groups in total. The van der Waals surface area contributed by atoms with Gasteiger partial charge in [0.2, 0.25) is 10.0 Å². The molecule has 0 atom stereocenters. The van der Waals surface area contributed by atoms with Crippen LogP contribution in [-0.2, 0) is 14.8 Å². The van der Waals surface area contributed by atoms with Gasteiger partial charge in [-0.2, -0.15) is 0 Å². The second kappa shape index (κ2) is 6.39. The van der Waals surface area contributed by atoms with Gasteiger partial charge in [0.1, 0.15) is 0 Å². The number of hydrogen-bond donors (Lipinski definition) is 1. The summed E-state index contributed by atoms with van der Waals surface area (Å²) in [4.78, 5) is 11.1. The Morgan fingerprint density at radius 3 is 2.50 bits per heavy atom. The van der Waals surface area contributed by atoms with E-state index in [9.17, 15) is 13.2 Å². The molecule has 1 amide bonds. The average Bonchev–Trinajstić information content (AvgIpc) is 1.96. The minimum absolute atomic E-state index is 0.571. The maximum Gasteiger partial charge on any atom is 0.257 e. The number of sulfonamides is 1. The zero-order valence-electron chi connectivity index (χ0n) is 8.21. The van der Waals surface area contributed by atoms with Crippen molar-refractivity contribution in [2.75, 3.05) is 10.7 Å². The summed E-state index contributed by atoms with van der Waals surface area (Å²) < 4.78 is 24.3. The minimum atomic E-state index is -3.44. The topological polar surface area (TPSA) is 63.2 Å². The standard InChI is InChI=1S/C8H14INO3S/c1-7(4-3-5-9)6-8(11)10-14(2,12)13/h6H,3-5H2,1-2H3,(H,10,11). The van der Waals surface area contributed by atoms with Gasteiger partial charge in [0.15, 0.2) is 0 Å². The van der Waals surface area contributed by atoms with Gasteiger partial charge in [0.25, 0.3) is 5.91 Å². The largest absolute Gasteiger partial charge is 0.269 e. The van der Waals surface area contributed by atoms with Crippen molar-refractivity contribution in [3.63, 3.8) is 0 Å². The molecule has 0 aromatic heterocycles. The highest BCUT2D eigenvalue weighted by Gasteiger charge is 2.05. The molecule has 0 rings (SSSR count). The van der Waals surface area contributed by atoms with E-state index in [-0.39, 0.29) is 0 Å². The van der Waals surface area contributed by atoms with Crippen LogP contribution < -0.4 is 4.72 Å². The van der Waals surface area contributed by atoms with E-state index in [0.29, 0.717) is 0 Å². The lowest BCUT2D eigenvalue weighted by Crippen LogP contribution is -2.27. The fourth-order valence-corrected chi connectivity index (χ4v) is 1.66. The monoisotopic (exact) mass is 331 g/mol. The van der Waals surface area contributed by atoms with Crippen molar-refractivity contribution >= 4 is 38.5 Å². The molecule has 82 valence electrons. The first-order chi connectivity index (χ1) is 6.35. The third kappa shape index (κ3) is 8.49. The predicted octanol–water partition coefficient (Wildman–Crippen LogP) is 1.22. The highest BCUT2D eigenvalue weighted by molar-refractivity contribution is 14.1. The maximum absolute atomic E-state index is 11.1. The summed E-state index contributed by atoms with van der Waals surface area (Å²) in [6, 6.07) is 0. The predicted molar refractivity (Wildman–Crippen MR) is 64.9 cm³/mol. The third-order valence-electron chi connectivity index (χ3n) is 1.37. The van der Waals surface area contributed by atoms with Crippen LogP contribution in [0.1, 0.15) is 19.8 Å². The van der Waals surface area contributed by atoms with Gasteiger partial charge in [-0.3, -0.25) is 4.79 Å². The Bertz CT molecular complexity index is 321. The molecule has 0 aliphatic carbocycles. The fraction of sp³-hybridized carbons (Fsp3) is 0.625. The van der Waals surface area contributed by atoms with Crippen LogP contribution in [-0.4, -0.2) is 25.0 Å². The second-order valence-electron chi connectivity index (χ2n) is 3.02. The highest BCUT2D eigenvalue weighted by Crippen LogP contribution is 2.05. The number of halogens is 1. The van der Waals surface area contributed by atoms with E-state index in [2.05, 4.69) is 22.6 Å². The van der Waals surface area contributed by atoms with Gasteiger partial charge in [0, 0.05) is 6.08 Å². The number of carbonyl (C=O) groups is 1. The van der Waals surface area contributed by atoms with Gasteiger partial charge in [0.05, 0.1) is 6.26 Å². The summed E-state index contributed by atoms with van der Waals surface area (Å²) in [6.07, 6.45) is 4.10. The number of amides is 1. The van der Waals surface area contributed by atoms with Crippen LogP contribution in [0, 0.1) is 0 Å². The Morgan fingerprint density at radius 1 is 1.50 bits per heavy atom. The Morgan fingerprint density at radius 2 is 2.07 bits per heavy atom. The molecule has 0 aliphatic heterocycles. The highest BCUT2D eigenvalue weighted by atomic mass is 127. The van der Waals surface area contributed by atoms with Crippen LogP contribution in [0.15, 0.2) is 11.6 Å². The molecule has 0 bridgehead atoms. The van der Waals surface area contributed by atoms with Crippen LogP contribution in [0.5, 0.6) is 0 Å². The SMILES string of the molecule is CC(=CC(=O)NS(C)(=O)=O)CCCI. The van der Waals surface area contributed by atoms with E-state index in [1.54, 1.807) is 0 Å². The maximum atomic E-state index is 11.1. The van der Waals surface area contributed by atoms with Crippen LogP contribution in [0.3, 0.4) is 0 Å². The van der Waals surface area contributed by atoms with Crippen molar-refractivity contribution in [2.24, 2.45) is 0 Å². The van der Waals surface area contributed by atoms with Gasteiger partial charge < -0.3 is 0 Å². The van der Waals surface area contributed by atoms with Gasteiger partial charge in [-0.05, 0) is 24.2 Å². The Labute approximate surface area is 98.3 Å². The van der Waals surface area contributed by atoms with Gasteiger partial charge >= 0.3 is 0 Å². The summed E-state index contributed by atoms with van der Waals surface area (Å²) in [5.74, 6) is -0.571. The van der Waals surface area contributed by atoms with E-state index in [1.165, 1.54) is 6.08 Å². The lowest BCUT2D eigenvalue weighted by Gasteiger charge is -2.00. The molecular formula is C8H14INO3S. The lowest BCUT2D eigenvalue weighted by atomic mass is 10.2. The zero-order chi connectivity index (χ0) is 11.2. The quantitative estimate of drug-likeness (QED) is 0.468. The van der Waals surface area contributed by atoms with Crippen LogP contribution in [0.2, 0.25) is 0 Å². The van der Waals surface area contributed by atoms with Crippen LogP contribution in [0.4, 0.5) is 0 Å². The normalized spacial score (nSPS) is 12.6. The number of carbonyl (C=O) groups excluding carboxylic acids is 1. The van der Waals surface area contributed by atoms with Crippen molar-refractivity contribution in [1.29, 1.82) is 0 Å². The molecule has 0 aromatic rings. The van der Waals surface area contributed by atoms with Crippen molar-refractivity contribution in [1.82, 2.24) is 4.72 Å². The molecule has 4 nitrogen and oxygen atoms in total. The molecule has 0 radical (unpaired) electrons. The van der Waals surface area contributed by atoms with E-state index >= 15 is 0 Å². The lowest BCUT2D eigenvalue weighted by molar-refractivity contribution is -0.114. The Kier molecular flexibility index (Phi) is 6.34. The molecule has 0 aromatic carbocycles. The summed E-state index contributed by atoms with van der Waals surface area (Å²) in [5, 5.41) is 0. The van der Waals surface area contributed by atoms with Crippen molar-refractivity contribution in [3.8, 4) is 0 Å². The number of nitrogens with one attached hydrogen (secondary N) is 1. The van der Waals surface area contributed by atoms with E-state index < -0.39 is 15.9 Å². The van der Waals surface area contributed by atoms with Gasteiger partial charge in [-0.1, -0.05) is 28.2 Å². The van der Waals surface area contributed by atoms with E-state index in [4.69, 9.17) is 0 Å². The van der Waals surface area contributed by atoms with E-state index in [0.717, 1.165) is 29.1 Å². The second-order valence-corrected chi connectivity index (χ2v) is 5.85. The summed E-state index contributed by atoms with van der Waals surface area (Å²) >= 11 is 2.25. The Hall–Kier alpha value is -0.110. The zero-order valence-corrected chi connectivity index (χ0v) is 11.2. The van der Waals surface area contributed by atoms with Crippen molar-refractivity contribution in [3.05, 3.63) is 11.6 Å². The molecule has 6 heteroatoms. The molecule has 0 spiro atoms. The van der Waals surface area contributed by atoms with Crippen molar-refractivity contribution < 1.29 is 13.2 Å². The smallest absolute Gasteiger partial charge is 0.257 e. The summed E-state index contributed by atoms with van der Waals surface area (Å²) in [6.45, 7) is 1.81. The number of rotatable bonds is 5. The minimum Gasteiger partial charge on any atom is -0.269 e. The summed E-state index contributed by atoms with van der Waals surface area (Å²) in [5.41, 5.74) is 0.891. The average molecular weight is 331 g/mol. The van der Waals surface area contributed by atoms with Crippen LogP contribution >= 0.6 is 22.6 Å². The first kappa shape index (κ1) is 13.9. The molecule has 0 heterocycles. The van der Waals surface area contributed by atoms with E-state index in [1.807, 2.05) is 11.6 Å². The van der Waals surface area contributed by atoms with Gasteiger partial charge in [-0.25, -0.2) is 13.1 Å². The molecule has 0 saturated carbocycles. The molecule has 0 fully saturated rings. The number of alkyl halides is 1. The van der Waals surface area contributed by atoms with Crippen molar-refractivity contribution in [2.45, 2.75) is 19.8 Å². The molecule has 0 unspecified atom stereocenters. The van der Waals surface area contributed by atoms with Gasteiger partial charge in [-0.15, -0.1) is 0 Å². The first-order valence-corrected chi connectivity index (χ1v) is 7.51. The number of hydrogen-bond acceptors (Lipinski definition) is 3. The third-order valence-corrected chi connectivity index (χ3v) is 2.70. The Balaban J connectivity index is 4.16. The molecule has 14 heavy (non-hydrogen) atoms. The molecule has 0 saturated heterocycles. The fourth-order valence-electron chi connectivity index (χ4n) is 0.854. The molecular weight excluding hydrogens is 317 g/mol. The number of allylic oxidation sites excluding steroid dienone is 1. The van der Waals surface area contributed by atoms with Crippen LogP contribution in [0.25, 0.3) is 0 Å².